The van der Waals surface area contributed by atoms with Gasteiger partial charge in [-0.1, -0.05) is 251 Å². The fraction of sp³-hybridized carbons (Fsp3) is 0.909. The number of carbonyl (C=O) groups excluding carboxylic acids is 3. The maximum Gasteiger partial charge on any atom is 0.306 e. The summed E-state index contributed by atoms with van der Waals surface area (Å²) in [5.41, 5.74) is 0. The molecule has 6 heteroatoms. The van der Waals surface area contributed by atoms with Gasteiger partial charge in [-0.05, 0) is 44.9 Å². The van der Waals surface area contributed by atoms with E-state index in [1.165, 1.54) is 199 Å². The lowest BCUT2D eigenvalue weighted by atomic mass is 10.0. The van der Waals surface area contributed by atoms with E-state index in [0.29, 0.717) is 19.3 Å². The molecule has 0 saturated carbocycles. The first-order valence-electron chi connectivity index (χ1n) is 27.2. The van der Waals surface area contributed by atoms with Crippen LogP contribution in [0.25, 0.3) is 0 Å². The highest BCUT2D eigenvalue weighted by molar-refractivity contribution is 5.71. The van der Waals surface area contributed by atoms with Crippen molar-refractivity contribution in [2.45, 2.75) is 309 Å². The van der Waals surface area contributed by atoms with Crippen molar-refractivity contribution in [2.75, 3.05) is 13.2 Å². The molecule has 0 aliphatic rings. The summed E-state index contributed by atoms with van der Waals surface area (Å²) in [7, 11) is 0. The van der Waals surface area contributed by atoms with Crippen molar-refractivity contribution in [3.8, 4) is 0 Å². The van der Waals surface area contributed by atoms with Crippen LogP contribution in [0.4, 0.5) is 0 Å². The Labute approximate surface area is 380 Å². The Morgan fingerprint density at radius 1 is 0.311 bits per heavy atom. The van der Waals surface area contributed by atoms with Gasteiger partial charge in [0.2, 0.25) is 0 Å². The lowest BCUT2D eigenvalue weighted by Crippen LogP contribution is -2.30. The van der Waals surface area contributed by atoms with Crippen molar-refractivity contribution in [1.82, 2.24) is 0 Å². The van der Waals surface area contributed by atoms with Crippen LogP contribution in [0.15, 0.2) is 12.2 Å². The highest BCUT2D eigenvalue weighted by atomic mass is 16.6. The standard InChI is InChI=1S/C55H104O6/c1-4-7-10-13-16-19-22-24-26-27-28-30-31-33-36-39-42-45-48-54(57)60-51-52(50-59-53(56)47-44-41-38-35-21-18-15-12-9-6-3)61-55(58)49-46-43-40-37-34-32-29-25-23-20-17-14-11-8-5-2/h28,30,52H,4-27,29,31-51H2,1-3H3/b30-28-. The predicted molar refractivity (Wildman–Crippen MR) is 261 cm³/mol. The van der Waals surface area contributed by atoms with Gasteiger partial charge in [-0.2, -0.15) is 0 Å². The van der Waals surface area contributed by atoms with E-state index in [-0.39, 0.29) is 31.1 Å². The molecule has 0 aliphatic heterocycles. The first-order chi connectivity index (χ1) is 30.0. The van der Waals surface area contributed by atoms with E-state index in [1.54, 1.807) is 0 Å². The average molecular weight is 861 g/mol. The maximum atomic E-state index is 12.8. The summed E-state index contributed by atoms with van der Waals surface area (Å²) in [6.07, 6.45) is 56.3. The molecule has 1 atom stereocenters. The topological polar surface area (TPSA) is 78.9 Å². The Morgan fingerprint density at radius 2 is 0.541 bits per heavy atom. The van der Waals surface area contributed by atoms with E-state index in [9.17, 15) is 14.4 Å². The smallest absolute Gasteiger partial charge is 0.306 e. The number of ether oxygens (including phenoxy) is 3. The zero-order valence-electron chi connectivity index (χ0n) is 41.2. The number of esters is 3. The number of unbranched alkanes of at least 4 members (excludes halogenated alkanes) is 37. The molecule has 360 valence electrons. The SMILES string of the molecule is CCCCCCCCCCC/C=C\CCCCCCCC(=O)OCC(COC(=O)CCCCCCCCCCCC)OC(=O)CCCCCCCCCCCCCCCCC. The Kier molecular flexibility index (Phi) is 49.3. The molecule has 0 fully saturated rings. The van der Waals surface area contributed by atoms with Gasteiger partial charge in [0, 0.05) is 19.3 Å². The Bertz CT molecular complexity index is 947. The second kappa shape index (κ2) is 50.8. The molecule has 0 aromatic carbocycles. The van der Waals surface area contributed by atoms with E-state index in [2.05, 4.69) is 32.9 Å². The molecule has 0 aliphatic carbocycles. The largest absolute Gasteiger partial charge is 0.462 e. The third-order valence-electron chi connectivity index (χ3n) is 12.3. The van der Waals surface area contributed by atoms with Gasteiger partial charge in [-0.15, -0.1) is 0 Å². The normalized spacial score (nSPS) is 12.0. The van der Waals surface area contributed by atoms with Crippen molar-refractivity contribution >= 4 is 17.9 Å². The van der Waals surface area contributed by atoms with Crippen LogP contribution in [0.2, 0.25) is 0 Å². The molecule has 0 aromatic heterocycles. The van der Waals surface area contributed by atoms with Crippen LogP contribution >= 0.6 is 0 Å². The first-order valence-corrected chi connectivity index (χ1v) is 27.2. The van der Waals surface area contributed by atoms with Gasteiger partial charge in [0.25, 0.3) is 0 Å². The third-order valence-corrected chi connectivity index (χ3v) is 12.3. The molecule has 0 amide bonds. The van der Waals surface area contributed by atoms with Crippen LogP contribution in [0, 0.1) is 0 Å². The molecule has 0 rings (SSSR count). The van der Waals surface area contributed by atoms with Crippen molar-refractivity contribution < 1.29 is 28.6 Å². The summed E-state index contributed by atoms with van der Waals surface area (Å²) >= 11 is 0. The van der Waals surface area contributed by atoms with Gasteiger partial charge in [0.1, 0.15) is 13.2 Å². The second-order valence-electron chi connectivity index (χ2n) is 18.5. The average Bonchev–Trinajstić information content (AvgIpc) is 3.26. The number of hydrogen-bond donors (Lipinski definition) is 0. The molecule has 6 nitrogen and oxygen atoms in total. The lowest BCUT2D eigenvalue weighted by Gasteiger charge is -2.18. The Morgan fingerprint density at radius 3 is 0.820 bits per heavy atom. The Balaban J connectivity index is 4.28. The van der Waals surface area contributed by atoms with Crippen molar-refractivity contribution in [1.29, 1.82) is 0 Å². The van der Waals surface area contributed by atoms with Crippen LogP contribution in [0.5, 0.6) is 0 Å². The summed E-state index contributed by atoms with van der Waals surface area (Å²) in [4.78, 5) is 38.0. The van der Waals surface area contributed by atoms with Crippen molar-refractivity contribution in [3.63, 3.8) is 0 Å². The van der Waals surface area contributed by atoms with Gasteiger partial charge in [-0.3, -0.25) is 14.4 Å². The molecule has 1 unspecified atom stereocenters. The fourth-order valence-corrected chi connectivity index (χ4v) is 8.14. The van der Waals surface area contributed by atoms with Gasteiger partial charge in [-0.25, -0.2) is 0 Å². The highest BCUT2D eigenvalue weighted by Gasteiger charge is 2.19. The summed E-state index contributed by atoms with van der Waals surface area (Å²) in [6.45, 7) is 6.66. The van der Waals surface area contributed by atoms with E-state index < -0.39 is 6.10 Å². The fourth-order valence-electron chi connectivity index (χ4n) is 8.14. The van der Waals surface area contributed by atoms with Crippen molar-refractivity contribution in [3.05, 3.63) is 12.2 Å². The minimum atomic E-state index is -0.766. The zero-order chi connectivity index (χ0) is 44.4. The minimum Gasteiger partial charge on any atom is -0.462 e. The maximum absolute atomic E-state index is 12.8. The minimum absolute atomic E-state index is 0.0674. The molecule has 61 heavy (non-hydrogen) atoms. The molecule has 0 N–H and O–H groups in total. The number of allylic oxidation sites excluding steroid dienone is 2. The molecule has 0 aromatic rings. The second-order valence-corrected chi connectivity index (χ2v) is 18.5. The first kappa shape index (κ1) is 59.1. The molecular formula is C55H104O6. The van der Waals surface area contributed by atoms with E-state index in [4.69, 9.17) is 14.2 Å². The summed E-state index contributed by atoms with van der Waals surface area (Å²) in [5.74, 6) is -0.858. The lowest BCUT2D eigenvalue weighted by molar-refractivity contribution is -0.167. The van der Waals surface area contributed by atoms with Crippen molar-refractivity contribution in [2.24, 2.45) is 0 Å². The molecule has 0 spiro atoms. The molecular weight excluding hydrogens is 757 g/mol. The molecule has 0 bridgehead atoms. The summed E-state index contributed by atoms with van der Waals surface area (Å²) in [5, 5.41) is 0. The van der Waals surface area contributed by atoms with Gasteiger partial charge >= 0.3 is 17.9 Å². The number of carbonyl (C=O) groups is 3. The van der Waals surface area contributed by atoms with Crippen LogP contribution in [0.1, 0.15) is 303 Å². The van der Waals surface area contributed by atoms with Gasteiger partial charge in [0.15, 0.2) is 6.10 Å². The molecule has 0 heterocycles. The van der Waals surface area contributed by atoms with E-state index >= 15 is 0 Å². The molecule has 0 saturated heterocycles. The third kappa shape index (κ3) is 49.0. The summed E-state index contributed by atoms with van der Waals surface area (Å²) < 4.78 is 16.8. The zero-order valence-corrected chi connectivity index (χ0v) is 41.2. The van der Waals surface area contributed by atoms with E-state index in [1.807, 2.05) is 0 Å². The van der Waals surface area contributed by atoms with Crippen LogP contribution in [-0.2, 0) is 28.6 Å². The van der Waals surface area contributed by atoms with Crippen LogP contribution in [0.3, 0.4) is 0 Å². The van der Waals surface area contributed by atoms with E-state index in [0.717, 1.165) is 64.2 Å². The predicted octanol–water partition coefficient (Wildman–Crippen LogP) is 17.8. The summed E-state index contributed by atoms with van der Waals surface area (Å²) in [6, 6.07) is 0. The van der Waals surface area contributed by atoms with Crippen LogP contribution in [-0.4, -0.2) is 37.2 Å². The quantitative estimate of drug-likeness (QED) is 0.0262. The Hall–Kier alpha value is -1.85. The number of rotatable bonds is 50. The van der Waals surface area contributed by atoms with Gasteiger partial charge < -0.3 is 14.2 Å². The monoisotopic (exact) mass is 861 g/mol. The highest BCUT2D eigenvalue weighted by Crippen LogP contribution is 2.16. The molecule has 0 radical (unpaired) electrons. The van der Waals surface area contributed by atoms with Crippen LogP contribution < -0.4 is 0 Å². The van der Waals surface area contributed by atoms with Gasteiger partial charge in [0.05, 0.1) is 0 Å². The number of hydrogen-bond acceptors (Lipinski definition) is 6.